The molecule has 12 heavy (non-hydrogen) atoms. The van der Waals surface area contributed by atoms with E-state index in [0.29, 0.717) is 5.92 Å². The van der Waals surface area contributed by atoms with Gasteiger partial charge in [-0.3, -0.25) is 14.5 Å². The highest BCUT2D eigenvalue weighted by Crippen LogP contribution is 2.28. The van der Waals surface area contributed by atoms with Crippen LogP contribution in [0.2, 0.25) is 0 Å². The average molecular weight is 187 g/mol. The molecular formula is C8H13NO2S. The molecule has 2 amide bonds. The van der Waals surface area contributed by atoms with Crippen LogP contribution in [0.1, 0.15) is 20.8 Å². The van der Waals surface area contributed by atoms with Crippen molar-refractivity contribution in [1.82, 2.24) is 4.90 Å². The summed E-state index contributed by atoms with van der Waals surface area (Å²) in [4.78, 5) is 23.6. The minimum absolute atomic E-state index is 0.0961. The molecule has 0 bridgehead atoms. The van der Waals surface area contributed by atoms with E-state index < -0.39 is 0 Å². The van der Waals surface area contributed by atoms with Crippen LogP contribution in [0.5, 0.6) is 0 Å². The number of rotatable bonds is 1. The van der Waals surface area contributed by atoms with E-state index in [1.165, 1.54) is 23.6 Å². The predicted octanol–water partition coefficient (Wildman–Crippen LogP) is 1.73. The predicted molar refractivity (Wildman–Crippen MR) is 49.0 cm³/mol. The minimum Gasteiger partial charge on any atom is -0.275 e. The zero-order chi connectivity index (χ0) is 9.30. The van der Waals surface area contributed by atoms with Gasteiger partial charge in [-0.15, -0.1) is 0 Å². The first-order valence-corrected chi connectivity index (χ1v) is 4.99. The number of thioether (sulfide) groups is 1. The molecule has 1 atom stereocenters. The second-order valence-corrected chi connectivity index (χ2v) is 4.25. The van der Waals surface area contributed by atoms with Crippen molar-refractivity contribution in [1.29, 1.82) is 0 Å². The van der Waals surface area contributed by atoms with Crippen LogP contribution in [0, 0.1) is 5.92 Å². The van der Waals surface area contributed by atoms with E-state index in [4.69, 9.17) is 0 Å². The van der Waals surface area contributed by atoms with E-state index in [-0.39, 0.29) is 17.2 Å². The number of nitrogens with zero attached hydrogens (tertiary/aromatic N) is 1. The second kappa shape index (κ2) is 3.47. The van der Waals surface area contributed by atoms with Gasteiger partial charge in [0.25, 0.3) is 5.24 Å². The van der Waals surface area contributed by atoms with Crippen molar-refractivity contribution in [3.63, 3.8) is 0 Å². The standard InChI is InChI=1S/C8H13NO2S/c1-5(2)7-4-12-8(11)9(7)6(3)10/h5,7H,4H2,1-3H3. The monoisotopic (exact) mass is 187 g/mol. The van der Waals surface area contributed by atoms with Gasteiger partial charge in [-0.05, 0) is 5.92 Å². The number of carbonyl (C=O) groups excluding carboxylic acids is 2. The smallest absolute Gasteiger partial charge is 0.275 e. The molecule has 68 valence electrons. The molecule has 1 unspecified atom stereocenters. The quantitative estimate of drug-likeness (QED) is 0.627. The first-order chi connectivity index (χ1) is 5.54. The van der Waals surface area contributed by atoms with Gasteiger partial charge in [0, 0.05) is 12.7 Å². The Morgan fingerprint density at radius 2 is 2.25 bits per heavy atom. The third kappa shape index (κ3) is 1.63. The summed E-state index contributed by atoms with van der Waals surface area (Å²) in [5.41, 5.74) is 0. The van der Waals surface area contributed by atoms with Gasteiger partial charge >= 0.3 is 0 Å². The summed E-state index contributed by atoms with van der Waals surface area (Å²) in [7, 11) is 0. The van der Waals surface area contributed by atoms with Crippen LogP contribution in [0.3, 0.4) is 0 Å². The summed E-state index contributed by atoms with van der Waals surface area (Å²) >= 11 is 1.24. The first-order valence-electron chi connectivity index (χ1n) is 4.00. The van der Waals surface area contributed by atoms with Crippen LogP contribution in [-0.4, -0.2) is 27.8 Å². The maximum Gasteiger partial charge on any atom is 0.288 e. The molecule has 0 radical (unpaired) electrons. The number of imide groups is 1. The van der Waals surface area contributed by atoms with Gasteiger partial charge in [0.05, 0.1) is 6.04 Å². The van der Waals surface area contributed by atoms with Crippen LogP contribution in [0.4, 0.5) is 4.79 Å². The molecule has 0 aromatic carbocycles. The van der Waals surface area contributed by atoms with E-state index in [0.717, 1.165) is 5.75 Å². The maximum atomic E-state index is 11.2. The van der Waals surface area contributed by atoms with Gasteiger partial charge in [-0.25, -0.2) is 0 Å². The molecule has 1 saturated heterocycles. The third-order valence-corrected chi connectivity index (χ3v) is 2.97. The molecule has 1 aliphatic rings. The maximum absolute atomic E-state index is 11.2. The summed E-state index contributed by atoms with van der Waals surface area (Å²) in [5.74, 6) is 0.965. The fourth-order valence-electron chi connectivity index (χ4n) is 1.29. The summed E-state index contributed by atoms with van der Waals surface area (Å²) in [5, 5.41) is -0.0961. The molecule has 0 saturated carbocycles. The van der Waals surface area contributed by atoms with Crippen LogP contribution >= 0.6 is 11.8 Å². The van der Waals surface area contributed by atoms with Crippen molar-refractivity contribution in [3.05, 3.63) is 0 Å². The third-order valence-electron chi connectivity index (χ3n) is 2.01. The molecule has 0 aromatic heterocycles. The lowest BCUT2D eigenvalue weighted by Crippen LogP contribution is -2.40. The number of hydrogen-bond acceptors (Lipinski definition) is 3. The topological polar surface area (TPSA) is 37.4 Å². The van der Waals surface area contributed by atoms with Crippen LogP contribution in [0.15, 0.2) is 0 Å². The lowest BCUT2D eigenvalue weighted by molar-refractivity contribution is -0.127. The van der Waals surface area contributed by atoms with Crippen LogP contribution in [0.25, 0.3) is 0 Å². The Balaban J connectivity index is 2.77. The highest BCUT2D eigenvalue weighted by molar-refractivity contribution is 8.14. The van der Waals surface area contributed by atoms with Gasteiger partial charge in [0.1, 0.15) is 0 Å². The van der Waals surface area contributed by atoms with Crippen molar-refractivity contribution < 1.29 is 9.59 Å². The first kappa shape index (κ1) is 9.58. The van der Waals surface area contributed by atoms with Gasteiger partial charge < -0.3 is 0 Å². The fraction of sp³-hybridized carbons (Fsp3) is 0.750. The molecule has 4 heteroatoms. The lowest BCUT2D eigenvalue weighted by Gasteiger charge is -2.23. The zero-order valence-corrected chi connectivity index (χ0v) is 8.35. The number of carbonyl (C=O) groups is 2. The molecule has 1 fully saturated rings. The van der Waals surface area contributed by atoms with Crippen LogP contribution < -0.4 is 0 Å². The highest BCUT2D eigenvalue weighted by Gasteiger charge is 2.36. The average Bonchev–Trinajstić information content (AvgIpc) is 2.30. The molecule has 0 N–H and O–H groups in total. The van der Waals surface area contributed by atoms with E-state index in [2.05, 4.69) is 0 Å². The Morgan fingerprint density at radius 1 is 1.67 bits per heavy atom. The van der Waals surface area contributed by atoms with Crippen molar-refractivity contribution in [2.45, 2.75) is 26.8 Å². The molecule has 0 aliphatic carbocycles. The van der Waals surface area contributed by atoms with E-state index >= 15 is 0 Å². The van der Waals surface area contributed by atoms with Gasteiger partial charge in [0.15, 0.2) is 0 Å². The van der Waals surface area contributed by atoms with Crippen molar-refractivity contribution in [2.24, 2.45) is 5.92 Å². The van der Waals surface area contributed by atoms with Crippen molar-refractivity contribution >= 4 is 22.9 Å². The molecule has 1 rings (SSSR count). The Hall–Kier alpha value is -0.510. The normalized spacial score (nSPS) is 23.8. The summed E-state index contributed by atoms with van der Waals surface area (Å²) in [6.45, 7) is 5.50. The zero-order valence-electron chi connectivity index (χ0n) is 7.53. The molecular weight excluding hydrogens is 174 g/mol. The Bertz CT molecular complexity index is 215. The number of hydrogen-bond donors (Lipinski definition) is 0. The molecule has 0 spiro atoms. The summed E-state index contributed by atoms with van der Waals surface area (Å²) < 4.78 is 0. The minimum atomic E-state index is -0.135. The Morgan fingerprint density at radius 3 is 2.58 bits per heavy atom. The largest absolute Gasteiger partial charge is 0.288 e. The van der Waals surface area contributed by atoms with E-state index in [1.807, 2.05) is 13.8 Å². The van der Waals surface area contributed by atoms with Crippen molar-refractivity contribution in [2.75, 3.05) is 5.75 Å². The SMILES string of the molecule is CC(=O)N1C(=O)SCC1C(C)C. The van der Waals surface area contributed by atoms with Gasteiger partial charge in [-0.2, -0.15) is 0 Å². The number of amides is 2. The van der Waals surface area contributed by atoms with E-state index in [9.17, 15) is 9.59 Å². The van der Waals surface area contributed by atoms with Gasteiger partial charge in [0.2, 0.25) is 5.91 Å². The molecule has 1 heterocycles. The van der Waals surface area contributed by atoms with Gasteiger partial charge in [-0.1, -0.05) is 25.6 Å². The fourth-order valence-corrected chi connectivity index (χ4v) is 2.54. The van der Waals surface area contributed by atoms with E-state index in [1.54, 1.807) is 0 Å². The molecule has 0 aromatic rings. The Kier molecular flexibility index (Phi) is 2.77. The molecule has 3 nitrogen and oxygen atoms in total. The second-order valence-electron chi connectivity index (χ2n) is 3.28. The summed E-state index contributed by atoms with van der Waals surface area (Å²) in [6.07, 6.45) is 0. The highest BCUT2D eigenvalue weighted by atomic mass is 32.2. The van der Waals surface area contributed by atoms with Crippen LogP contribution in [-0.2, 0) is 4.79 Å². The lowest BCUT2D eigenvalue weighted by atomic mass is 10.1. The Labute approximate surface area is 76.5 Å². The molecule has 1 aliphatic heterocycles. The summed E-state index contributed by atoms with van der Waals surface area (Å²) in [6, 6.07) is 0.0972. The van der Waals surface area contributed by atoms with Crippen molar-refractivity contribution in [3.8, 4) is 0 Å².